The molecule has 0 atom stereocenters. The van der Waals surface area contributed by atoms with Gasteiger partial charge in [0.2, 0.25) is 15.6 Å². The number of Topliss-reactive ketones (excluding diaryl/α,β-unsaturated/α-hetero) is 1. The molecule has 2 N–H and O–H groups in total. The fourth-order valence-corrected chi connectivity index (χ4v) is 5.37. The maximum atomic E-state index is 13.6. The minimum atomic E-state index is -4.01. The molecule has 4 aromatic rings. The van der Waals surface area contributed by atoms with Crippen LogP contribution in [0.5, 0.6) is 5.75 Å². The number of para-hydroxylation sites is 2. The number of halogens is 1. The van der Waals surface area contributed by atoms with E-state index in [4.69, 9.17) is 5.41 Å². The highest BCUT2D eigenvalue weighted by Gasteiger charge is 2.30. The number of rotatable bonds is 7. The van der Waals surface area contributed by atoms with Crippen molar-refractivity contribution in [1.82, 2.24) is 13.4 Å². The lowest BCUT2D eigenvalue weighted by atomic mass is 9.85. The number of phenols is 1. The second-order valence-corrected chi connectivity index (χ2v) is 12.4. The monoisotopic (exact) mass is 600 g/mol. The van der Waals surface area contributed by atoms with Crippen molar-refractivity contribution in [3.05, 3.63) is 89.0 Å². The molecule has 0 saturated heterocycles. The zero-order valence-electron chi connectivity index (χ0n) is 22.1. The van der Waals surface area contributed by atoms with E-state index in [0.717, 1.165) is 20.9 Å². The molecule has 8 nitrogen and oxygen atoms in total. The average molecular weight is 602 g/mol. The van der Waals surface area contributed by atoms with E-state index < -0.39 is 15.4 Å². The van der Waals surface area contributed by atoms with E-state index in [-0.39, 0.29) is 51.1 Å². The molecule has 10 heteroatoms. The van der Waals surface area contributed by atoms with E-state index in [0.29, 0.717) is 12.1 Å². The Balaban J connectivity index is 0.00000400. The van der Waals surface area contributed by atoms with Gasteiger partial charge in [0.15, 0.2) is 5.78 Å². The Bertz CT molecular complexity index is 1650. The molecule has 1 aromatic heterocycles. The third kappa shape index (κ3) is 5.48. The molecule has 38 heavy (non-hydrogen) atoms. The van der Waals surface area contributed by atoms with Gasteiger partial charge < -0.3 is 14.2 Å². The SMILES string of the molecule is Br.CN(C)S(=O)(=O)c1cc(C(=O)Cn2c(=N)n(Cc3ccccc3)c3ccccc32)cc(C(C)(C)C)c1O. The molecule has 0 radical (unpaired) electrons. The third-order valence-corrected chi connectivity index (χ3v) is 8.25. The highest BCUT2D eigenvalue weighted by atomic mass is 79.9. The number of fused-ring (bicyclic) bond motifs is 1. The minimum absolute atomic E-state index is 0. The molecule has 0 saturated carbocycles. The molecule has 0 aliphatic rings. The standard InChI is InChI=1S/C28H32N4O4S.BrH/c1-28(2,3)21-15-20(16-25(26(21)34)37(35,36)30(4)5)24(33)18-32-23-14-10-9-13-22(23)31(27(32)29)17-19-11-7-6-8-12-19;/h6-16,29,34H,17-18H2,1-5H3;1H. The second-order valence-electron chi connectivity index (χ2n) is 10.3. The van der Waals surface area contributed by atoms with Crippen molar-refractivity contribution in [1.29, 1.82) is 5.41 Å². The summed E-state index contributed by atoms with van der Waals surface area (Å²) in [6.45, 7) is 5.85. The van der Waals surface area contributed by atoms with Gasteiger partial charge in [-0.25, -0.2) is 12.7 Å². The second kappa shape index (κ2) is 10.9. The van der Waals surface area contributed by atoms with Crippen LogP contribution in [-0.4, -0.2) is 46.8 Å². The van der Waals surface area contributed by atoms with E-state index in [1.807, 2.05) is 79.9 Å². The van der Waals surface area contributed by atoms with Crippen LogP contribution in [0, 0.1) is 5.41 Å². The van der Waals surface area contributed by atoms with Crippen LogP contribution in [0.4, 0.5) is 0 Å². The summed E-state index contributed by atoms with van der Waals surface area (Å²) in [5.74, 6) is -0.715. The Morgan fingerprint density at radius 1 is 0.947 bits per heavy atom. The Hall–Kier alpha value is -3.21. The van der Waals surface area contributed by atoms with E-state index >= 15 is 0 Å². The molecule has 3 aromatic carbocycles. The minimum Gasteiger partial charge on any atom is -0.506 e. The zero-order valence-corrected chi connectivity index (χ0v) is 24.6. The van der Waals surface area contributed by atoms with E-state index in [2.05, 4.69) is 0 Å². The fraction of sp³-hybridized carbons (Fsp3) is 0.286. The number of nitrogens with one attached hydrogen (secondary N) is 1. The number of phenolic OH excluding ortho intramolecular Hbond substituents is 1. The third-order valence-electron chi connectivity index (χ3n) is 6.42. The number of sulfonamides is 1. The number of carbonyl (C=O) groups is 1. The lowest BCUT2D eigenvalue weighted by molar-refractivity contribution is 0.0971. The lowest BCUT2D eigenvalue weighted by Gasteiger charge is -2.24. The number of carbonyl (C=O) groups excluding carboxylic acids is 1. The van der Waals surface area contributed by atoms with Gasteiger partial charge in [-0.1, -0.05) is 63.2 Å². The van der Waals surface area contributed by atoms with Crippen LogP contribution in [0.3, 0.4) is 0 Å². The van der Waals surface area contributed by atoms with Crippen LogP contribution in [0.2, 0.25) is 0 Å². The first-order valence-corrected chi connectivity index (χ1v) is 13.4. The summed E-state index contributed by atoms with van der Waals surface area (Å²) in [5.41, 5.74) is 2.65. The normalized spacial score (nSPS) is 12.1. The molecule has 202 valence electrons. The highest BCUT2D eigenvalue weighted by Crippen LogP contribution is 2.37. The molecular formula is C28H33BrN4O4S. The van der Waals surface area contributed by atoms with Gasteiger partial charge in [0, 0.05) is 25.2 Å². The fourth-order valence-electron chi connectivity index (χ4n) is 4.35. The van der Waals surface area contributed by atoms with Crippen molar-refractivity contribution >= 4 is 43.8 Å². The van der Waals surface area contributed by atoms with Gasteiger partial charge in [0.1, 0.15) is 10.6 Å². The van der Waals surface area contributed by atoms with Gasteiger partial charge in [-0.05, 0) is 35.2 Å². The van der Waals surface area contributed by atoms with Crippen LogP contribution in [0.1, 0.15) is 42.3 Å². The number of hydrogen-bond donors (Lipinski definition) is 2. The summed E-state index contributed by atoms with van der Waals surface area (Å²) in [6.07, 6.45) is 0. The molecule has 0 amide bonds. The Kier molecular flexibility index (Phi) is 8.40. The number of aromatic nitrogens is 2. The van der Waals surface area contributed by atoms with Gasteiger partial charge >= 0.3 is 0 Å². The van der Waals surface area contributed by atoms with Crippen LogP contribution < -0.4 is 5.62 Å². The summed E-state index contributed by atoms with van der Waals surface area (Å²) in [6, 6.07) is 20.1. The van der Waals surface area contributed by atoms with Crippen LogP contribution in [-0.2, 0) is 28.5 Å². The largest absolute Gasteiger partial charge is 0.506 e. The van der Waals surface area contributed by atoms with Gasteiger partial charge in [-0.15, -0.1) is 17.0 Å². The van der Waals surface area contributed by atoms with Crippen LogP contribution in [0.25, 0.3) is 11.0 Å². The molecule has 0 bridgehead atoms. The molecule has 0 unspecified atom stereocenters. The van der Waals surface area contributed by atoms with Gasteiger partial charge in [0.05, 0.1) is 24.1 Å². The van der Waals surface area contributed by atoms with Gasteiger partial charge in [-0.2, -0.15) is 0 Å². The highest BCUT2D eigenvalue weighted by molar-refractivity contribution is 8.93. The molecule has 0 aliphatic heterocycles. The van der Waals surface area contributed by atoms with Crippen molar-refractivity contribution in [2.75, 3.05) is 14.1 Å². The summed E-state index contributed by atoms with van der Waals surface area (Å²) >= 11 is 0. The number of ketones is 1. The summed E-state index contributed by atoms with van der Waals surface area (Å²) in [7, 11) is -1.25. The summed E-state index contributed by atoms with van der Waals surface area (Å²) in [4.78, 5) is 13.3. The number of nitrogens with zero attached hydrogens (tertiary/aromatic N) is 3. The predicted octanol–water partition coefficient (Wildman–Crippen LogP) is 4.68. The molecule has 4 rings (SSSR count). The quantitative estimate of drug-likeness (QED) is 0.300. The molecule has 0 aliphatic carbocycles. The topological polar surface area (TPSA) is 108 Å². The number of hydrogen-bond acceptors (Lipinski definition) is 5. The number of aromatic hydroxyl groups is 1. The Labute approximate surface area is 233 Å². The van der Waals surface area contributed by atoms with Crippen LogP contribution >= 0.6 is 17.0 Å². The van der Waals surface area contributed by atoms with Gasteiger partial charge in [0.25, 0.3) is 0 Å². The number of benzene rings is 3. The van der Waals surface area contributed by atoms with E-state index in [9.17, 15) is 18.3 Å². The predicted molar refractivity (Wildman–Crippen MR) is 154 cm³/mol. The van der Waals surface area contributed by atoms with Crippen molar-refractivity contribution in [2.45, 2.75) is 44.2 Å². The molecule has 1 heterocycles. The number of imidazole rings is 1. The summed E-state index contributed by atoms with van der Waals surface area (Å²) < 4.78 is 30.5. The summed E-state index contributed by atoms with van der Waals surface area (Å²) in [5, 5.41) is 19.8. The van der Waals surface area contributed by atoms with Crippen molar-refractivity contribution in [3.63, 3.8) is 0 Å². The van der Waals surface area contributed by atoms with Crippen molar-refractivity contribution in [2.24, 2.45) is 0 Å². The first-order chi connectivity index (χ1) is 17.3. The molecular weight excluding hydrogens is 568 g/mol. The molecule has 0 fully saturated rings. The average Bonchev–Trinajstić information content (AvgIpc) is 3.09. The first-order valence-electron chi connectivity index (χ1n) is 11.9. The maximum absolute atomic E-state index is 13.6. The van der Waals surface area contributed by atoms with Gasteiger partial charge in [-0.3, -0.25) is 10.2 Å². The van der Waals surface area contributed by atoms with E-state index in [1.165, 1.54) is 20.2 Å². The Morgan fingerprint density at radius 3 is 2.05 bits per heavy atom. The van der Waals surface area contributed by atoms with Crippen molar-refractivity contribution < 1.29 is 18.3 Å². The maximum Gasteiger partial charge on any atom is 0.246 e. The van der Waals surface area contributed by atoms with Crippen molar-refractivity contribution in [3.8, 4) is 5.75 Å². The first kappa shape index (κ1) is 29.3. The molecule has 0 spiro atoms. The lowest BCUT2D eigenvalue weighted by Crippen LogP contribution is -2.28. The smallest absolute Gasteiger partial charge is 0.246 e. The van der Waals surface area contributed by atoms with E-state index in [1.54, 1.807) is 10.6 Å². The van der Waals surface area contributed by atoms with Crippen LogP contribution in [0.15, 0.2) is 71.6 Å². The Morgan fingerprint density at radius 2 is 1.50 bits per heavy atom. The zero-order chi connectivity index (χ0) is 27.1.